The van der Waals surface area contributed by atoms with Gasteiger partial charge in [0.1, 0.15) is 11.5 Å². The van der Waals surface area contributed by atoms with Crippen LogP contribution in [0.3, 0.4) is 0 Å². The highest BCUT2D eigenvalue weighted by molar-refractivity contribution is 5.97. The van der Waals surface area contributed by atoms with E-state index >= 15 is 0 Å². The number of methoxy groups -OCH3 is 2. The van der Waals surface area contributed by atoms with Crippen molar-refractivity contribution in [1.82, 2.24) is 15.5 Å². The Morgan fingerprint density at radius 3 is 2.83 bits per heavy atom. The second-order valence-electron chi connectivity index (χ2n) is 5.03. The van der Waals surface area contributed by atoms with Gasteiger partial charge < -0.3 is 14.8 Å². The normalized spacial score (nSPS) is 10.5. The zero-order valence-corrected chi connectivity index (χ0v) is 12.9. The molecule has 23 heavy (non-hydrogen) atoms. The number of amides is 1. The molecule has 3 rings (SSSR count). The Morgan fingerprint density at radius 1 is 1.17 bits per heavy atom. The molecular formula is C17H17N3O3. The minimum Gasteiger partial charge on any atom is -0.497 e. The van der Waals surface area contributed by atoms with E-state index in [1.807, 2.05) is 24.3 Å². The molecule has 0 saturated carbocycles. The van der Waals surface area contributed by atoms with Crippen molar-refractivity contribution < 1.29 is 14.3 Å². The summed E-state index contributed by atoms with van der Waals surface area (Å²) in [6, 6.07) is 10.9. The maximum Gasteiger partial charge on any atom is 0.251 e. The van der Waals surface area contributed by atoms with Crippen LogP contribution in [-0.4, -0.2) is 30.3 Å². The summed E-state index contributed by atoms with van der Waals surface area (Å²) in [5, 5.41) is 10.6. The van der Waals surface area contributed by atoms with E-state index in [1.54, 1.807) is 32.5 Å². The number of aromatic amines is 1. The van der Waals surface area contributed by atoms with E-state index < -0.39 is 0 Å². The number of carbonyl (C=O) groups is 1. The minimum atomic E-state index is -0.155. The van der Waals surface area contributed by atoms with Gasteiger partial charge >= 0.3 is 0 Å². The molecule has 6 nitrogen and oxygen atoms in total. The average Bonchev–Trinajstić information content (AvgIpc) is 3.06. The van der Waals surface area contributed by atoms with Gasteiger partial charge in [-0.25, -0.2) is 0 Å². The van der Waals surface area contributed by atoms with Crippen LogP contribution in [0.4, 0.5) is 0 Å². The van der Waals surface area contributed by atoms with Crippen LogP contribution < -0.4 is 14.8 Å². The summed E-state index contributed by atoms with van der Waals surface area (Å²) in [7, 11) is 3.20. The molecule has 0 bridgehead atoms. The van der Waals surface area contributed by atoms with Gasteiger partial charge in [-0.15, -0.1) is 0 Å². The molecule has 0 unspecified atom stereocenters. The van der Waals surface area contributed by atoms with Crippen LogP contribution in [0.25, 0.3) is 10.9 Å². The highest BCUT2D eigenvalue weighted by Gasteiger charge is 2.10. The zero-order chi connectivity index (χ0) is 16.2. The molecule has 3 aromatic rings. The van der Waals surface area contributed by atoms with Crippen LogP contribution in [0.2, 0.25) is 0 Å². The third-order valence-electron chi connectivity index (χ3n) is 3.63. The number of H-pyrrole nitrogens is 1. The van der Waals surface area contributed by atoms with E-state index in [1.165, 1.54) is 0 Å². The molecule has 1 amide bonds. The van der Waals surface area contributed by atoms with E-state index in [4.69, 9.17) is 9.47 Å². The number of nitrogens with one attached hydrogen (secondary N) is 2. The number of hydrogen-bond acceptors (Lipinski definition) is 4. The lowest BCUT2D eigenvalue weighted by molar-refractivity contribution is 0.0951. The molecule has 118 valence electrons. The SMILES string of the molecule is COc1ccc(OC)c(CNC(=O)c2ccc3[nH]ncc3c2)c1. The Morgan fingerprint density at radius 2 is 2.04 bits per heavy atom. The Bertz CT molecular complexity index is 842. The third-order valence-corrected chi connectivity index (χ3v) is 3.63. The summed E-state index contributed by atoms with van der Waals surface area (Å²) in [6.07, 6.45) is 1.69. The number of aromatic nitrogens is 2. The van der Waals surface area contributed by atoms with Crippen LogP contribution in [0.15, 0.2) is 42.6 Å². The highest BCUT2D eigenvalue weighted by Crippen LogP contribution is 2.24. The molecule has 6 heteroatoms. The fourth-order valence-corrected chi connectivity index (χ4v) is 2.38. The fourth-order valence-electron chi connectivity index (χ4n) is 2.38. The van der Waals surface area contributed by atoms with E-state index in [9.17, 15) is 4.79 Å². The minimum absolute atomic E-state index is 0.155. The molecular weight excluding hydrogens is 294 g/mol. The number of benzene rings is 2. The van der Waals surface area contributed by atoms with Gasteiger partial charge in [0, 0.05) is 23.1 Å². The first-order chi connectivity index (χ1) is 11.2. The first kappa shape index (κ1) is 14.9. The molecule has 0 saturated heterocycles. The van der Waals surface area contributed by atoms with Crippen LogP contribution in [0, 0.1) is 0 Å². The molecule has 1 heterocycles. The van der Waals surface area contributed by atoms with Gasteiger partial charge in [-0.1, -0.05) is 0 Å². The summed E-state index contributed by atoms with van der Waals surface area (Å²) in [5.74, 6) is 1.27. The average molecular weight is 311 g/mol. The quantitative estimate of drug-likeness (QED) is 0.759. The molecule has 0 radical (unpaired) electrons. The summed E-state index contributed by atoms with van der Waals surface area (Å²) in [6.45, 7) is 0.350. The standard InChI is InChI=1S/C17H17N3O3/c1-22-14-4-6-16(23-2)13(8-14)9-18-17(21)11-3-5-15-12(7-11)10-19-20-15/h3-8,10H,9H2,1-2H3,(H,18,21)(H,19,20). The van der Waals surface area contributed by atoms with Gasteiger partial charge in [0.2, 0.25) is 0 Å². The number of fused-ring (bicyclic) bond motifs is 1. The van der Waals surface area contributed by atoms with Gasteiger partial charge in [0.15, 0.2) is 0 Å². The highest BCUT2D eigenvalue weighted by atomic mass is 16.5. The summed E-state index contributed by atoms with van der Waals surface area (Å²) >= 11 is 0. The molecule has 2 aromatic carbocycles. The third kappa shape index (κ3) is 3.11. The molecule has 0 spiro atoms. The lowest BCUT2D eigenvalue weighted by atomic mass is 10.1. The van der Waals surface area contributed by atoms with Crippen molar-refractivity contribution >= 4 is 16.8 Å². The van der Waals surface area contributed by atoms with Gasteiger partial charge in [0.25, 0.3) is 5.91 Å². The van der Waals surface area contributed by atoms with Gasteiger partial charge in [0.05, 0.1) is 25.9 Å². The molecule has 0 atom stereocenters. The summed E-state index contributed by atoms with van der Waals surface area (Å²) < 4.78 is 10.5. The van der Waals surface area contributed by atoms with Crippen LogP contribution in [0.1, 0.15) is 15.9 Å². The number of carbonyl (C=O) groups excluding carboxylic acids is 1. The van der Waals surface area contributed by atoms with E-state index in [2.05, 4.69) is 15.5 Å². The van der Waals surface area contributed by atoms with E-state index in [-0.39, 0.29) is 5.91 Å². The second-order valence-corrected chi connectivity index (χ2v) is 5.03. The summed E-state index contributed by atoms with van der Waals surface area (Å²) in [4.78, 5) is 12.3. The molecule has 0 aliphatic carbocycles. The lowest BCUT2D eigenvalue weighted by Gasteiger charge is -2.11. The number of rotatable bonds is 5. The Hall–Kier alpha value is -3.02. The van der Waals surface area contributed by atoms with Gasteiger partial charge in [-0.05, 0) is 36.4 Å². The maximum atomic E-state index is 12.3. The van der Waals surface area contributed by atoms with Crippen LogP contribution in [-0.2, 0) is 6.54 Å². The van der Waals surface area contributed by atoms with E-state index in [0.717, 1.165) is 22.2 Å². The van der Waals surface area contributed by atoms with Crippen molar-refractivity contribution in [2.45, 2.75) is 6.54 Å². The smallest absolute Gasteiger partial charge is 0.251 e. The molecule has 1 aromatic heterocycles. The maximum absolute atomic E-state index is 12.3. The number of ether oxygens (including phenoxy) is 2. The van der Waals surface area contributed by atoms with Crippen LogP contribution >= 0.6 is 0 Å². The summed E-state index contributed by atoms with van der Waals surface area (Å²) in [5.41, 5.74) is 2.33. The fraction of sp³-hybridized carbons (Fsp3) is 0.176. The lowest BCUT2D eigenvalue weighted by Crippen LogP contribution is -2.23. The van der Waals surface area contributed by atoms with Crippen molar-refractivity contribution in [3.8, 4) is 11.5 Å². The molecule has 0 aliphatic heterocycles. The first-order valence-electron chi connectivity index (χ1n) is 7.13. The van der Waals surface area contributed by atoms with Crippen molar-refractivity contribution in [1.29, 1.82) is 0 Å². The largest absolute Gasteiger partial charge is 0.497 e. The topological polar surface area (TPSA) is 76.2 Å². The molecule has 0 aliphatic rings. The number of hydrogen-bond donors (Lipinski definition) is 2. The second kappa shape index (κ2) is 6.39. The first-order valence-corrected chi connectivity index (χ1v) is 7.13. The Balaban J connectivity index is 1.75. The number of nitrogens with zero attached hydrogens (tertiary/aromatic N) is 1. The Kier molecular flexibility index (Phi) is 4.14. The van der Waals surface area contributed by atoms with Crippen LogP contribution in [0.5, 0.6) is 11.5 Å². The van der Waals surface area contributed by atoms with Gasteiger partial charge in [-0.2, -0.15) is 5.10 Å². The molecule has 2 N–H and O–H groups in total. The van der Waals surface area contributed by atoms with Gasteiger partial charge in [-0.3, -0.25) is 9.89 Å². The predicted molar refractivity (Wildman–Crippen MR) is 86.8 cm³/mol. The van der Waals surface area contributed by atoms with E-state index in [0.29, 0.717) is 17.9 Å². The van der Waals surface area contributed by atoms with Crippen molar-refractivity contribution in [2.75, 3.05) is 14.2 Å². The van der Waals surface area contributed by atoms with Crippen molar-refractivity contribution in [3.05, 3.63) is 53.7 Å². The van der Waals surface area contributed by atoms with Crippen molar-refractivity contribution in [3.63, 3.8) is 0 Å². The van der Waals surface area contributed by atoms with Crippen molar-refractivity contribution in [2.24, 2.45) is 0 Å². The predicted octanol–water partition coefficient (Wildman–Crippen LogP) is 2.51. The Labute approximate surface area is 133 Å². The monoisotopic (exact) mass is 311 g/mol. The zero-order valence-electron chi connectivity index (χ0n) is 12.9. The molecule has 0 fully saturated rings.